The highest BCUT2D eigenvalue weighted by atomic mass is 79.9. The molecule has 196 valence electrons. The van der Waals surface area contributed by atoms with Crippen LogP contribution in [0.2, 0.25) is 0 Å². The second kappa shape index (κ2) is 12.5. The van der Waals surface area contributed by atoms with Gasteiger partial charge in [0.1, 0.15) is 11.4 Å². The third-order valence-electron chi connectivity index (χ3n) is 4.98. The molecule has 0 aliphatic carbocycles. The Morgan fingerprint density at radius 1 is 1.00 bits per heavy atom. The van der Waals surface area contributed by atoms with Crippen molar-refractivity contribution in [2.24, 2.45) is 5.10 Å². The van der Waals surface area contributed by atoms with Crippen molar-refractivity contribution in [3.8, 4) is 11.5 Å². The van der Waals surface area contributed by atoms with Gasteiger partial charge in [0.25, 0.3) is 5.91 Å². The lowest BCUT2D eigenvalue weighted by Gasteiger charge is -2.14. The molecule has 8 nitrogen and oxygen atoms in total. The Balaban J connectivity index is 1.42. The molecule has 2 amide bonds. The highest BCUT2D eigenvalue weighted by molar-refractivity contribution is 9.11. The number of carbonyl (C=O) groups is 2. The molecule has 1 heterocycles. The van der Waals surface area contributed by atoms with Gasteiger partial charge in [-0.1, -0.05) is 15.9 Å². The smallest absolute Gasteiger partial charge is 0.307 e. The lowest BCUT2D eigenvalue weighted by atomic mass is 10.2. The molecule has 0 radical (unpaired) electrons. The van der Waals surface area contributed by atoms with E-state index in [1.807, 2.05) is 19.1 Å². The first-order valence-electron chi connectivity index (χ1n) is 11.1. The molecule has 38 heavy (non-hydrogen) atoms. The molecule has 0 aliphatic rings. The Morgan fingerprint density at radius 3 is 2.47 bits per heavy atom. The van der Waals surface area contributed by atoms with E-state index in [0.717, 1.165) is 9.86 Å². The summed E-state index contributed by atoms with van der Waals surface area (Å²) in [6.45, 7) is 1.87. The molecular formula is C26H19Br3FN3O5. The van der Waals surface area contributed by atoms with Gasteiger partial charge in [-0.25, -0.2) is 9.82 Å². The van der Waals surface area contributed by atoms with Gasteiger partial charge < -0.3 is 19.2 Å². The second-order valence-corrected chi connectivity index (χ2v) is 10.3. The van der Waals surface area contributed by atoms with Crippen LogP contribution in [0.5, 0.6) is 11.5 Å². The number of nitrogens with one attached hydrogen (secondary N) is 2. The van der Waals surface area contributed by atoms with Crippen LogP contribution in [0.3, 0.4) is 0 Å². The summed E-state index contributed by atoms with van der Waals surface area (Å²) >= 11 is 10.3. The molecule has 12 heteroatoms. The number of amides is 2. The number of nitrogens with zero attached hydrogens (tertiary/aromatic N) is 1. The molecular weight excluding hydrogens is 693 g/mol. The fourth-order valence-corrected chi connectivity index (χ4v) is 5.07. The highest BCUT2D eigenvalue weighted by Gasteiger charge is 2.15. The quantitative estimate of drug-likeness (QED) is 0.143. The average Bonchev–Trinajstić information content (AvgIpc) is 3.31. The topological polar surface area (TPSA) is 102 Å². The maximum Gasteiger partial charge on any atom is 0.307 e. The van der Waals surface area contributed by atoms with Crippen LogP contribution in [0.25, 0.3) is 11.0 Å². The van der Waals surface area contributed by atoms with E-state index in [-0.39, 0.29) is 12.4 Å². The van der Waals surface area contributed by atoms with Crippen LogP contribution < -0.4 is 20.2 Å². The van der Waals surface area contributed by atoms with Crippen molar-refractivity contribution in [1.29, 1.82) is 0 Å². The van der Waals surface area contributed by atoms with Crippen LogP contribution in [0.1, 0.15) is 23.0 Å². The summed E-state index contributed by atoms with van der Waals surface area (Å²) in [5, 5.41) is 7.41. The molecule has 4 aromatic rings. The molecule has 0 saturated heterocycles. The largest absolute Gasteiger partial charge is 0.490 e. The fourth-order valence-electron chi connectivity index (χ4n) is 3.31. The third-order valence-corrected chi connectivity index (χ3v) is 6.71. The molecule has 3 aromatic carbocycles. The first kappa shape index (κ1) is 27.8. The minimum atomic E-state index is -0.520. The van der Waals surface area contributed by atoms with Crippen LogP contribution in [-0.4, -0.2) is 31.2 Å². The summed E-state index contributed by atoms with van der Waals surface area (Å²) in [6.07, 6.45) is 1.44. The molecule has 0 spiro atoms. The Bertz CT molecular complexity index is 1520. The number of hydrogen-bond donors (Lipinski definition) is 2. The van der Waals surface area contributed by atoms with Gasteiger partial charge in [0, 0.05) is 25.6 Å². The molecule has 1 aromatic heterocycles. The number of halogens is 4. The van der Waals surface area contributed by atoms with E-state index in [4.69, 9.17) is 13.9 Å². The Labute approximate surface area is 241 Å². The zero-order valence-electron chi connectivity index (χ0n) is 19.7. The SMILES string of the molecule is CCOc1cc(/C=N\NC(=O)c2cc3cc(Br)cc(Br)c3o2)c(Br)cc1OCC(=O)Nc1ccc(F)cc1. The summed E-state index contributed by atoms with van der Waals surface area (Å²) in [5.41, 5.74) is 4.03. The van der Waals surface area contributed by atoms with Gasteiger partial charge in [-0.3, -0.25) is 9.59 Å². The maximum atomic E-state index is 13.0. The van der Waals surface area contributed by atoms with Crippen LogP contribution in [0, 0.1) is 5.82 Å². The van der Waals surface area contributed by atoms with Crippen LogP contribution in [0.4, 0.5) is 10.1 Å². The Kier molecular flexibility index (Phi) is 9.18. The van der Waals surface area contributed by atoms with Gasteiger partial charge in [0.05, 0.1) is 17.3 Å². The monoisotopic (exact) mass is 709 g/mol. The molecule has 0 bridgehead atoms. The molecule has 0 unspecified atom stereocenters. The fraction of sp³-hybridized carbons (Fsp3) is 0.115. The number of hydrogen-bond acceptors (Lipinski definition) is 6. The minimum Gasteiger partial charge on any atom is -0.490 e. The number of benzene rings is 3. The van der Waals surface area contributed by atoms with Crippen molar-refractivity contribution in [2.75, 3.05) is 18.5 Å². The predicted molar refractivity (Wildman–Crippen MR) is 153 cm³/mol. The zero-order valence-corrected chi connectivity index (χ0v) is 24.4. The predicted octanol–water partition coefficient (Wildman–Crippen LogP) is 7.04. The Hall–Kier alpha value is -3.22. The summed E-state index contributed by atoms with van der Waals surface area (Å²) in [5.74, 6) is -0.529. The first-order chi connectivity index (χ1) is 18.2. The van der Waals surface area contributed by atoms with E-state index >= 15 is 0 Å². The number of carbonyl (C=O) groups excluding carboxylic acids is 2. The summed E-state index contributed by atoms with van der Waals surface area (Å²) in [4.78, 5) is 24.8. The van der Waals surface area contributed by atoms with Gasteiger partial charge in [0.2, 0.25) is 0 Å². The standard InChI is InChI=1S/C26H19Br3FN3O5/c1-2-36-21-9-15(12-31-33-26(35)23-8-14-7-16(27)10-20(29)25(14)38-23)19(28)11-22(21)37-13-24(34)32-18-5-3-17(30)4-6-18/h3-12H,2,13H2,1H3,(H,32,34)(H,33,35)/b31-12-. The first-order valence-corrected chi connectivity index (χ1v) is 13.5. The Morgan fingerprint density at radius 2 is 1.74 bits per heavy atom. The summed E-state index contributed by atoms with van der Waals surface area (Å²) in [7, 11) is 0. The van der Waals surface area contributed by atoms with E-state index in [0.29, 0.717) is 43.9 Å². The molecule has 0 saturated carbocycles. The van der Waals surface area contributed by atoms with Crippen molar-refractivity contribution in [3.63, 3.8) is 0 Å². The van der Waals surface area contributed by atoms with E-state index < -0.39 is 17.6 Å². The van der Waals surface area contributed by atoms with Gasteiger partial charge in [-0.15, -0.1) is 0 Å². The normalized spacial score (nSPS) is 11.1. The van der Waals surface area contributed by atoms with Crippen molar-refractivity contribution in [1.82, 2.24) is 5.43 Å². The molecule has 0 fully saturated rings. The van der Waals surface area contributed by atoms with Crippen LogP contribution in [0.15, 0.2) is 77.5 Å². The highest BCUT2D eigenvalue weighted by Crippen LogP contribution is 2.34. The number of fused-ring (bicyclic) bond motifs is 1. The number of rotatable bonds is 9. The second-order valence-electron chi connectivity index (χ2n) is 7.71. The lowest BCUT2D eigenvalue weighted by molar-refractivity contribution is -0.118. The number of furan rings is 1. The third kappa shape index (κ3) is 7.00. The number of hydrazone groups is 1. The molecule has 0 aliphatic heterocycles. The minimum absolute atomic E-state index is 0.104. The van der Waals surface area contributed by atoms with Gasteiger partial charge >= 0.3 is 5.91 Å². The van der Waals surface area contributed by atoms with E-state index in [1.54, 1.807) is 18.2 Å². The molecule has 2 N–H and O–H groups in total. The summed E-state index contributed by atoms with van der Waals surface area (Å²) in [6, 6.07) is 14.0. The maximum absolute atomic E-state index is 13.0. The molecule has 4 rings (SSSR count). The van der Waals surface area contributed by atoms with Crippen molar-refractivity contribution < 1.29 is 27.9 Å². The number of ether oxygens (including phenoxy) is 2. The van der Waals surface area contributed by atoms with E-state index in [9.17, 15) is 14.0 Å². The van der Waals surface area contributed by atoms with Crippen molar-refractivity contribution in [2.45, 2.75) is 6.92 Å². The van der Waals surface area contributed by atoms with E-state index in [1.165, 1.54) is 30.5 Å². The average molecular weight is 712 g/mol. The van der Waals surface area contributed by atoms with Crippen molar-refractivity contribution in [3.05, 3.63) is 85.2 Å². The number of anilines is 1. The molecule has 0 atom stereocenters. The van der Waals surface area contributed by atoms with E-state index in [2.05, 4.69) is 63.6 Å². The van der Waals surface area contributed by atoms with Gasteiger partial charge in [0.15, 0.2) is 23.9 Å². The lowest BCUT2D eigenvalue weighted by Crippen LogP contribution is -2.20. The van der Waals surface area contributed by atoms with Crippen molar-refractivity contribution >= 4 is 82.5 Å². The van der Waals surface area contributed by atoms with Gasteiger partial charge in [-0.2, -0.15) is 5.10 Å². The summed E-state index contributed by atoms with van der Waals surface area (Å²) < 4.78 is 32.2. The van der Waals surface area contributed by atoms with Crippen LogP contribution in [-0.2, 0) is 4.79 Å². The zero-order chi connectivity index (χ0) is 27.2. The van der Waals surface area contributed by atoms with Gasteiger partial charge in [-0.05, 0) is 93.4 Å². The van der Waals surface area contributed by atoms with Crippen LogP contribution >= 0.6 is 47.8 Å².